The molecule has 0 heterocycles. The molecular formula is C18H19NO4S. The van der Waals surface area contributed by atoms with Crippen molar-refractivity contribution in [3.05, 3.63) is 59.7 Å². The molecule has 0 aliphatic heterocycles. The van der Waals surface area contributed by atoms with Gasteiger partial charge in [0.15, 0.2) is 0 Å². The van der Waals surface area contributed by atoms with Gasteiger partial charge >= 0.3 is 0 Å². The highest BCUT2D eigenvalue weighted by Crippen LogP contribution is 2.47. The van der Waals surface area contributed by atoms with E-state index in [2.05, 4.69) is 4.72 Å². The second-order valence-electron chi connectivity index (χ2n) is 6.01. The van der Waals surface area contributed by atoms with Crippen LogP contribution in [0.5, 0.6) is 5.75 Å². The molecule has 6 heteroatoms. The Morgan fingerprint density at radius 1 is 1.17 bits per heavy atom. The minimum atomic E-state index is -3.89. The number of sulfonamides is 1. The fourth-order valence-electron chi connectivity index (χ4n) is 2.79. The Labute approximate surface area is 141 Å². The number of nitrogens with one attached hydrogen (secondary N) is 1. The number of benzene rings is 2. The molecule has 0 saturated heterocycles. The number of hydrogen-bond acceptors (Lipinski definition) is 4. The van der Waals surface area contributed by atoms with E-state index in [0.717, 1.165) is 11.1 Å². The third kappa shape index (κ3) is 3.43. The Balaban J connectivity index is 1.71. The van der Waals surface area contributed by atoms with Crippen molar-refractivity contribution in [3.8, 4) is 5.75 Å². The molecule has 0 spiro atoms. The standard InChI is InChI=1S/C18H19NO4S/c1-12-5-3-6-13(9-12)16-11-17(16)18(20)19-24(21,22)15-8-4-7-14(10-15)23-2/h3-10,16-17H,11H2,1-2H3,(H,19,20)/t16-,17-/m0/s1. The van der Waals surface area contributed by atoms with E-state index < -0.39 is 15.9 Å². The number of carbonyl (C=O) groups excluding carboxylic acids is 1. The normalized spacial score (nSPS) is 19.6. The van der Waals surface area contributed by atoms with Crippen molar-refractivity contribution < 1.29 is 17.9 Å². The van der Waals surface area contributed by atoms with Crippen LogP contribution in [-0.2, 0) is 14.8 Å². The van der Waals surface area contributed by atoms with Crippen LogP contribution in [0.15, 0.2) is 53.4 Å². The molecule has 2 aromatic rings. The number of ether oxygens (including phenoxy) is 1. The smallest absolute Gasteiger partial charge is 0.264 e. The molecule has 0 radical (unpaired) electrons. The lowest BCUT2D eigenvalue weighted by molar-refractivity contribution is -0.120. The highest BCUT2D eigenvalue weighted by molar-refractivity contribution is 7.90. The number of rotatable bonds is 5. The van der Waals surface area contributed by atoms with Crippen LogP contribution in [-0.4, -0.2) is 21.4 Å². The molecule has 0 unspecified atom stereocenters. The molecule has 1 saturated carbocycles. The Hall–Kier alpha value is -2.34. The van der Waals surface area contributed by atoms with Gasteiger partial charge in [0.25, 0.3) is 10.0 Å². The number of hydrogen-bond donors (Lipinski definition) is 1. The largest absolute Gasteiger partial charge is 0.497 e. The van der Waals surface area contributed by atoms with Crippen molar-refractivity contribution in [2.24, 2.45) is 5.92 Å². The predicted octanol–water partition coefficient (Wildman–Crippen LogP) is 2.61. The summed E-state index contributed by atoms with van der Waals surface area (Å²) in [6.07, 6.45) is 0.670. The summed E-state index contributed by atoms with van der Waals surface area (Å²) in [4.78, 5) is 12.3. The predicted molar refractivity (Wildman–Crippen MR) is 90.3 cm³/mol. The topological polar surface area (TPSA) is 72.5 Å². The van der Waals surface area contributed by atoms with Crippen LogP contribution >= 0.6 is 0 Å². The molecule has 2 atom stereocenters. The summed E-state index contributed by atoms with van der Waals surface area (Å²) in [5.74, 6) is -0.240. The maximum absolute atomic E-state index is 12.4. The van der Waals surface area contributed by atoms with Gasteiger partial charge in [-0.05, 0) is 37.0 Å². The van der Waals surface area contributed by atoms with Gasteiger partial charge in [0.05, 0.1) is 12.0 Å². The van der Waals surface area contributed by atoms with E-state index in [1.165, 1.54) is 19.2 Å². The van der Waals surface area contributed by atoms with E-state index >= 15 is 0 Å². The zero-order valence-corrected chi connectivity index (χ0v) is 14.3. The van der Waals surface area contributed by atoms with E-state index in [1.807, 2.05) is 31.2 Å². The average molecular weight is 345 g/mol. The van der Waals surface area contributed by atoms with E-state index in [1.54, 1.807) is 12.1 Å². The van der Waals surface area contributed by atoms with Crippen molar-refractivity contribution in [1.82, 2.24) is 4.72 Å². The SMILES string of the molecule is COc1cccc(S(=O)(=O)NC(=O)[C@H]2C[C@H]2c2cccc(C)c2)c1. The van der Waals surface area contributed by atoms with E-state index in [0.29, 0.717) is 12.2 Å². The third-order valence-corrected chi connectivity index (χ3v) is 5.53. The van der Waals surface area contributed by atoms with Crippen molar-refractivity contribution in [2.75, 3.05) is 7.11 Å². The summed E-state index contributed by atoms with van der Waals surface area (Å²) >= 11 is 0. The van der Waals surface area contributed by atoms with Gasteiger partial charge in [0.1, 0.15) is 5.75 Å². The molecule has 1 amide bonds. The van der Waals surface area contributed by atoms with E-state index in [9.17, 15) is 13.2 Å². The van der Waals surface area contributed by atoms with Crippen LogP contribution in [0.25, 0.3) is 0 Å². The molecule has 24 heavy (non-hydrogen) atoms. The van der Waals surface area contributed by atoms with Gasteiger partial charge in [0.2, 0.25) is 5.91 Å². The fourth-order valence-corrected chi connectivity index (χ4v) is 3.85. The Morgan fingerprint density at radius 3 is 2.62 bits per heavy atom. The van der Waals surface area contributed by atoms with Crippen molar-refractivity contribution in [1.29, 1.82) is 0 Å². The first-order chi connectivity index (χ1) is 11.4. The van der Waals surface area contributed by atoms with Crippen LogP contribution in [0.2, 0.25) is 0 Å². The summed E-state index contributed by atoms with van der Waals surface area (Å²) in [5, 5.41) is 0. The van der Waals surface area contributed by atoms with E-state index in [4.69, 9.17) is 4.74 Å². The summed E-state index contributed by atoms with van der Waals surface area (Å²) in [7, 11) is -2.43. The quantitative estimate of drug-likeness (QED) is 0.904. The zero-order valence-electron chi connectivity index (χ0n) is 13.5. The third-order valence-electron chi connectivity index (χ3n) is 4.18. The lowest BCUT2D eigenvalue weighted by Crippen LogP contribution is -2.32. The number of carbonyl (C=O) groups is 1. The molecular weight excluding hydrogens is 326 g/mol. The van der Waals surface area contributed by atoms with Gasteiger partial charge in [-0.3, -0.25) is 4.79 Å². The zero-order chi connectivity index (χ0) is 17.3. The lowest BCUT2D eigenvalue weighted by Gasteiger charge is -2.08. The molecule has 0 aromatic heterocycles. The van der Waals surface area contributed by atoms with Gasteiger partial charge in [-0.1, -0.05) is 35.9 Å². The Morgan fingerprint density at radius 2 is 1.92 bits per heavy atom. The van der Waals surface area contributed by atoms with Crippen molar-refractivity contribution >= 4 is 15.9 Å². The second kappa shape index (κ2) is 6.28. The van der Waals surface area contributed by atoms with Crippen LogP contribution in [0.1, 0.15) is 23.5 Å². The van der Waals surface area contributed by atoms with Crippen LogP contribution < -0.4 is 9.46 Å². The first kappa shape index (κ1) is 16.5. The molecule has 1 aliphatic rings. The number of amides is 1. The Bertz CT molecular complexity index is 876. The summed E-state index contributed by atoms with van der Waals surface area (Å²) in [6, 6.07) is 14.0. The van der Waals surface area contributed by atoms with Crippen molar-refractivity contribution in [3.63, 3.8) is 0 Å². The fraction of sp³-hybridized carbons (Fsp3) is 0.278. The lowest BCUT2D eigenvalue weighted by atomic mass is 10.1. The summed E-state index contributed by atoms with van der Waals surface area (Å²) < 4.78 is 31.9. The first-order valence-corrected chi connectivity index (χ1v) is 9.16. The molecule has 2 aromatic carbocycles. The van der Waals surface area contributed by atoms with Crippen molar-refractivity contribution in [2.45, 2.75) is 24.2 Å². The molecule has 0 bridgehead atoms. The summed E-state index contributed by atoms with van der Waals surface area (Å²) in [6.45, 7) is 1.99. The number of aryl methyl sites for hydroxylation is 1. The highest BCUT2D eigenvalue weighted by Gasteiger charge is 2.45. The van der Waals surface area contributed by atoms with Gasteiger partial charge < -0.3 is 4.74 Å². The van der Waals surface area contributed by atoms with Gasteiger partial charge in [-0.15, -0.1) is 0 Å². The minimum Gasteiger partial charge on any atom is -0.497 e. The second-order valence-corrected chi connectivity index (χ2v) is 7.69. The minimum absolute atomic E-state index is 0.0166. The van der Waals surface area contributed by atoms with Gasteiger partial charge in [-0.25, -0.2) is 13.1 Å². The average Bonchev–Trinajstić information content (AvgIpc) is 3.35. The molecule has 1 N–H and O–H groups in total. The summed E-state index contributed by atoms with van der Waals surface area (Å²) in [5.41, 5.74) is 2.21. The maximum atomic E-state index is 12.4. The molecule has 1 aliphatic carbocycles. The molecule has 3 rings (SSSR count). The number of methoxy groups -OCH3 is 1. The van der Waals surface area contributed by atoms with Gasteiger partial charge in [-0.2, -0.15) is 0 Å². The van der Waals surface area contributed by atoms with Crippen LogP contribution in [0.3, 0.4) is 0 Å². The molecule has 126 valence electrons. The van der Waals surface area contributed by atoms with Crippen LogP contribution in [0.4, 0.5) is 0 Å². The molecule has 5 nitrogen and oxygen atoms in total. The monoisotopic (exact) mass is 345 g/mol. The van der Waals surface area contributed by atoms with Gasteiger partial charge in [0, 0.05) is 12.0 Å². The highest BCUT2D eigenvalue weighted by atomic mass is 32.2. The maximum Gasteiger partial charge on any atom is 0.264 e. The Kier molecular flexibility index (Phi) is 4.32. The molecule has 1 fully saturated rings. The van der Waals surface area contributed by atoms with Crippen LogP contribution in [0, 0.1) is 12.8 Å². The first-order valence-electron chi connectivity index (χ1n) is 7.68. The van der Waals surface area contributed by atoms with E-state index in [-0.39, 0.29) is 16.7 Å².